The molecule has 0 aromatic heterocycles. The van der Waals surface area contributed by atoms with E-state index in [-0.39, 0.29) is 0 Å². The molecule has 152 valence electrons. The van der Waals surface area contributed by atoms with E-state index >= 15 is 0 Å². The Morgan fingerprint density at radius 2 is 1.61 bits per heavy atom. The van der Waals surface area contributed by atoms with Crippen molar-refractivity contribution >= 4 is 13.3 Å². The molecule has 1 N–H and O–H groups in total. The maximum atomic E-state index is 10.9. The van der Waals surface area contributed by atoms with Gasteiger partial charge in [0.2, 0.25) is 0 Å². The summed E-state index contributed by atoms with van der Waals surface area (Å²) in [5.41, 5.74) is 1.95. The lowest BCUT2D eigenvalue weighted by molar-refractivity contribution is -0.150. The van der Waals surface area contributed by atoms with Crippen molar-refractivity contribution in [2.75, 3.05) is 13.2 Å². The van der Waals surface area contributed by atoms with Gasteiger partial charge in [-0.3, -0.25) is 0 Å². The minimum absolute atomic E-state index is 0.339. The molecular formula is C23H32O4Si. The number of aromatic hydroxyl groups is 1. The molecule has 0 unspecified atom stereocenters. The van der Waals surface area contributed by atoms with Gasteiger partial charge in [0.15, 0.2) is 5.79 Å². The molecule has 1 heterocycles. The minimum atomic E-state index is -1.78. The van der Waals surface area contributed by atoms with Crippen LogP contribution in [-0.4, -0.2) is 26.4 Å². The number of hydrogen-bond acceptors (Lipinski definition) is 4. The molecule has 0 amide bonds. The van der Waals surface area contributed by atoms with Crippen LogP contribution >= 0.6 is 0 Å². The molecule has 0 spiro atoms. The summed E-state index contributed by atoms with van der Waals surface area (Å²) in [5.74, 6) is 0.121. The van der Waals surface area contributed by atoms with E-state index in [2.05, 4.69) is 26.8 Å². The zero-order chi connectivity index (χ0) is 20.2. The first kappa shape index (κ1) is 20.9. The van der Waals surface area contributed by atoms with Crippen LogP contribution in [0.3, 0.4) is 0 Å². The van der Waals surface area contributed by atoms with E-state index in [1.807, 2.05) is 37.3 Å². The van der Waals surface area contributed by atoms with Gasteiger partial charge in [0.25, 0.3) is 0 Å². The third kappa shape index (κ3) is 3.97. The third-order valence-electron chi connectivity index (χ3n) is 6.26. The van der Waals surface area contributed by atoms with E-state index in [1.165, 1.54) is 0 Å². The topological polar surface area (TPSA) is 47.9 Å². The van der Waals surface area contributed by atoms with Gasteiger partial charge in [-0.25, -0.2) is 0 Å². The Balaban J connectivity index is 2.04. The second-order valence-corrected chi connectivity index (χ2v) is 12.8. The van der Waals surface area contributed by atoms with Gasteiger partial charge in [0.05, 0.1) is 26.9 Å². The molecule has 1 aliphatic rings. The molecule has 1 fully saturated rings. The van der Waals surface area contributed by atoms with Gasteiger partial charge in [-0.1, -0.05) is 69.2 Å². The predicted molar refractivity (Wildman–Crippen MR) is 115 cm³/mol. The Kier molecular flexibility index (Phi) is 6.48. The SMILES string of the molecule is CC[Si](CC)(CC)c1cc(C2(C)OCCO2)c(OCc2ccccc2)cc1O. The summed E-state index contributed by atoms with van der Waals surface area (Å²) in [5, 5.41) is 12.0. The van der Waals surface area contributed by atoms with E-state index in [4.69, 9.17) is 14.2 Å². The van der Waals surface area contributed by atoms with Gasteiger partial charge in [-0.2, -0.15) is 0 Å². The first-order valence-corrected chi connectivity index (χ1v) is 12.9. The molecule has 1 saturated heterocycles. The van der Waals surface area contributed by atoms with Gasteiger partial charge in [-0.05, 0) is 23.7 Å². The normalized spacial score (nSPS) is 16.3. The largest absolute Gasteiger partial charge is 0.508 e. The van der Waals surface area contributed by atoms with Crippen molar-refractivity contribution in [2.45, 2.75) is 58.2 Å². The quantitative estimate of drug-likeness (QED) is 0.640. The maximum absolute atomic E-state index is 10.9. The summed E-state index contributed by atoms with van der Waals surface area (Å²) >= 11 is 0. The van der Waals surface area contributed by atoms with E-state index in [1.54, 1.807) is 6.07 Å². The smallest absolute Gasteiger partial charge is 0.195 e. The van der Waals surface area contributed by atoms with E-state index < -0.39 is 13.9 Å². The number of phenolic OH excluding ortho intramolecular Hbond substituents is 1. The van der Waals surface area contributed by atoms with Crippen LogP contribution in [0.25, 0.3) is 0 Å². The molecule has 0 atom stereocenters. The Morgan fingerprint density at radius 3 is 2.18 bits per heavy atom. The molecule has 3 rings (SSSR count). The van der Waals surface area contributed by atoms with E-state index in [0.29, 0.717) is 31.3 Å². The highest BCUT2D eigenvalue weighted by atomic mass is 28.3. The van der Waals surface area contributed by atoms with Crippen LogP contribution in [0, 0.1) is 0 Å². The average Bonchev–Trinajstić information content (AvgIpc) is 3.17. The Labute approximate surface area is 169 Å². The summed E-state index contributed by atoms with van der Waals surface area (Å²) in [6, 6.07) is 17.2. The minimum Gasteiger partial charge on any atom is -0.508 e. The molecule has 2 aromatic carbocycles. The van der Waals surface area contributed by atoms with Crippen LogP contribution in [0.4, 0.5) is 0 Å². The van der Waals surface area contributed by atoms with Gasteiger partial charge in [0, 0.05) is 6.07 Å². The highest BCUT2D eigenvalue weighted by molar-refractivity contribution is 6.92. The fourth-order valence-corrected chi connectivity index (χ4v) is 7.90. The molecule has 28 heavy (non-hydrogen) atoms. The van der Waals surface area contributed by atoms with Crippen LogP contribution in [0.5, 0.6) is 11.5 Å². The molecule has 0 radical (unpaired) electrons. The Bertz CT molecular complexity index is 772. The monoisotopic (exact) mass is 400 g/mol. The second kappa shape index (κ2) is 8.68. The maximum Gasteiger partial charge on any atom is 0.195 e. The second-order valence-electron chi connectivity index (χ2n) is 7.62. The highest BCUT2D eigenvalue weighted by Crippen LogP contribution is 2.40. The Hall–Kier alpha value is -1.82. The standard InChI is InChI=1S/C23H32O4Si/c1-5-28(6-2,7-3)22-15-19(23(4)26-13-14-27-23)21(16-20(22)24)25-17-18-11-9-8-10-12-18/h8-12,15-16,24H,5-7,13-14,17H2,1-4H3. The van der Waals surface area contributed by atoms with E-state index in [9.17, 15) is 5.11 Å². The predicted octanol–water partition coefficient (Wildman–Crippen LogP) is 4.91. The summed E-state index contributed by atoms with van der Waals surface area (Å²) in [4.78, 5) is 0. The molecule has 0 aliphatic carbocycles. The van der Waals surface area contributed by atoms with Crippen LogP contribution in [0.1, 0.15) is 38.8 Å². The molecule has 0 bridgehead atoms. The van der Waals surface area contributed by atoms with Crippen molar-refractivity contribution in [1.29, 1.82) is 0 Å². The van der Waals surface area contributed by atoms with Gasteiger partial charge in [0.1, 0.15) is 18.1 Å². The van der Waals surface area contributed by atoms with E-state index in [0.717, 1.165) is 34.4 Å². The van der Waals surface area contributed by atoms with Gasteiger partial charge in [-0.15, -0.1) is 0 Å². The first-order chi connectivity index (χ1) is 13.5. The molecular weight excluding hydrogens is 368 g/mol. The van der Waals surface area contributed by atoms with Gasteiger partial charge >= 0.3 is 0 Å². The number of ether oxygens (including phenoxy) is 3. The molecule has 5 heteroatoms. The third-order valence-corrected chi connectivity index (χ3v) is 11.9. The summed E-state index contributed by atoms with van der Waals surface area (Å²) in [6.07, 6.45) is 0. The van der Waals surface area contributed by atoms with Crippen molar-refractivity contribution in [3.05, 3.63) is 53.6 Å². The molecule has 4 nitrogen and oxygen atoms in total. The van der Waals surface area contributed by atoms with Crippen molar-refractivity contribution in [3.63, 3.8) is 0 Å². The number of benzene rings is 2. The fraction of sp³-hybridized carbons (Fsp3) is 0.478. The lowest BCUT2D eigenvalue weighted by Gasteiger charge is -2.32. The highest BCUT2D eigenvalue weighted by Gasteiger charge is 2.40. The van der Waals surface area contributed by atoms with Crippen molar-refractivity contribution in [3.8, 4) is 11.5 Å². The van der Waals surface area contributed by atoms with Gasteiger partial charge < -0.3 is 19.3 Å². The first-order valence-electron chi connectivity index (χ1n) is 10.3. The zero-order valence-electron chi connectivity index (χ0n) is 17.5. The van der Waals surface area contributed by atoms with Crippen molar-refractivity contribution in [2.24, 2.45) is 0 Å². The number of hydrogen-bond donors (Lipinski definition) is 1. The fourth-order valence-electron chi connectivity index (χ4n) is 4.19. The van der Waals surface area contributed by atoms with Crippen LogP contribution in [0.2, 0.25) is 18.1 Å². The molecule has 0 saturated carbocycles. The van der Waals surface area contributed by atoms with Crippen LogP contribution in [0.15, 0.2) is 42.5 Å². The van der Waals surface area contributed by atoms with Crippen LogP contribution in [-0.2, 0) is 21.9 Å². The lowest BCUT2D eigenvalue weighted by atomic mass is 10.1. The number of rotatable bonds is 8. The molecule has 2 aromatic rings. The van der Waals surface area contributed by atoms with Crippen molar-refractivity contribution in [1.82, 2.24) is 0 Å². The zero-order valence-corrected chi connectivity index (χ0v) is 18.5. The van der Waals surface area contributed by atoms with Crippen molar-refractivity contribution < 1.29 is 19.3 Å². The van der Waals surface area contributed by atoms with Crippen LogP contribution < -0.4 is 9.92 Å². The summed E-state index contributed by atoms with van der Waals surface area (Å²) < 4.78 is 18.1. The number of phenols is 1. The summed E-state index contributed by atoms with van der Waals surface area (Å²) in [6.45, 7) is 10.2. The average molecular weight is 401 g/mol. The Morgan fingerprint density at radius 1 is 1.00 bits per heavy atom. The lowest BCUT2D eigenvalue weighted by Crippen LogP contribution is -2.46. The summed E-state index contributed by atoms with van der Waals surface area (Å²) in [7, 11) is -1.78. The molecule has 1 aliphatic heterocycles.